The molecule has 104 valence electrons. The second-order valence-corrected chi connectivity index (χ2v) is 4.73. The van der Waals surface area contributed by atoms with Crippen molar-refractivity contribution in [2.24, 2.45) is 5.84 Å². The second kappa shape index (κ2) is 6.44. The first-order valence-corrected chi connectivity index (χ1v) is 6.43. The number of ether oxygens (including phenoxy) is 1. The van der Waals surface area contributed by atoms with Gasteiger partial charge in [-0.05, 0) is 40.2 Å². The van der Waals surface area contributed by atoms with Gasteiger partial charge in [-0.15, -0.1) is 0 Å². The van der Waals surface area contributed by atoms with Crippen LogP contribution in [0, 0.1) is 5.82 Å². The molecule has 0 atom stereocenters. The Bertz CT molecular complexity index is 620. The van der Waals surface area contributed by atoms with Crippen LogP contribution in [0.25, 0.3) is 0 Å². The number of nitrogen functional groups attached to an aromatic ring is 1. The summed E-state index contributed by atoms with van der Waals surface area (Å²) in [5, 5.41) is 0. The van der Waals surface area contributed by atoms with E-state index in [1.54, 1.807) is 24.3 Å². The molecule has 7 heteroatoms. The minimum Gasteiger partial charge on any atom is -0.487 e. The number of amides is 1. The molecule has 2 aromatic rings. The molecule has 0 aliphatic rings. The molecule has 1 aromatic heterocycles. The highest BCUT2D eigenvalue weighted by molar-refractivity contribution is 9.10. The summed E-state index contributed by atoms with van der Waals surface area (Å²) in [7, 11) is 0. The average molecular weight is 340 g/mol. The number of benzene rings is 1. The Kier molecular flexibility index (Phi) is 4.65. The molecule has 1 amide bonds. The van der Waals surface area contributed by atoms with E-state index in [9.17, 15) is 9.18 Å². The average Bonchev–Trinajstić information content (AvgIpc) is 2.48. The fourth-order valence-corrected chi connectivity index (χ4v) is 1.70. The first-order valence-electron chi connectivity index (χ1n) is 5.64. The molecule has 0 saturated carbocycles. The van der Waals surface area contributed by atoms with Crippen molar-refractivity contribution in [3.63, 3.8) is 0 Å². The lowest BCUT2D eigenvalue weighted by Gasteiger charge is -2.07. The van der Waals surface area contributed by atoms with Gasteiger partial charge in [-0.1, -0.05) is 0 Å². The highest BCUT2D eigenvalue weighted by Crippen LogP contribution is 2.21. The molecule has 0 radical (unpaired) electrons. The van der Waals surface area contributed by atoms with Crippen LogP contribution in [0.5, 0.6) is 5.75 Å². The fraction of sp³-hybridized carbons (Fsp3) is 0.0769. The van der Waals surface area contributed by atoms with Gasteiger partial charge in [0.05, 0.1) is 15.7 Å². The van der Waals surface area contributed by atoms with E-state index in [0.717, 1.165) is 0 Å². The van der Waals surface area contributed by atoms with Crippen molar-refractivity contribution in [2.45, 2.75) is 6.61 Å². The second-order valence-electron chi connectivity index (χ2n) is 3.88. The molecule has 0 aliphatic heterocycles. The van der Waals surface area contributed by atoms with Crippen molar-refractivity contribution in [1.29, 1.82) is 0 Å². The van der Waals surface area contributed by atoms with Crippen LogP contribution in [0.15, 0.2) is 41.0 Å². The van der Waals surface area contributed by atoms with Gasteiger partial charge in [0.1, 0.15) is 18.2 Å². The molecule has 3 N–H and O–H groups in total. The quantitative estimate of drug-likeness (QED) is 0.508. The van der Waals surface area contributed by atoms with Gasteiger partial charge >= 0.3 is 0 Å². The first kappa shape index (κ1) is 14.4. The monoisotopic (exact) mass is 339 g/mol. The third-order valence-corrected chi connectivity index (χ3v) is 3.14. The minimum absolute atomic E-state index is 0.172. The first-order chi connectivity index (χ1) is 9.60. The lowest BCUT2D eigenvalue weighted by molar-refractivity contribution is 0.0953. The predicted molar refractivity (Wildman–Crippen MR) is 74.3 cm³/mol. The number of carbonyl (C=O) groups is 1. The summed E-state index contributed by atoms with van der Waals surface area (Å²) in [6.45, 7) is 0.172. The van der Waals surface area contributed by atoms with E-state index in [1.807, 2.05) is 5.43 Å². The molecule has 20 heavy (non-hydrogen) atoms. The number of nitrogens with zero attached hydrogens (tertiary/aromatic N) is 1. The Labute approximate surface area is 123 Å². The molecule has 0 spiro atoms. The zero-order chi connectivity index (χ0) is 14.5. The smallest absolute Gasteiger partial charge is 0.266 e. The predicted octanol–water partition coefficient (Wildman–Crippen LogP) is 2.17. The summed E-state index contributed by atoms with van der Waals surface area (Å²) in [5.41, 5.74) is 2.98. The van der Waals surface area contributed by atoms with E-state index in [-0.39, 0.29) is 6.61 Å². The normalized spacial score (nSPS) is 10.2. The van der Waals surface area contributed by atoms with Crippen molar-refractivity contribution in [3.05, 3.63) is 58.1 Å². The Balaban J connectivity index is 2.00. The van der Waals surface area contributed by atoms with E-state index in [1.165, 1.54) is 12.3 Å². The summed E-state index contributed by atoms with van der Waals surface area (Å²) < 4.78 is 19.1. The third kappa shape index (κ3) is 3.52. The molecule has 1 heterocycles. The van der Waals surface area contributed by atoms with Gasteiger partial charge in [0.25, 0.3) is 5.91 Å². The molecule has 0 fully saturated rings. The van der Waals surface area contributed by atoms with Gasteiger partial charge in [0.15, 0.2) is 0 Å². The lowest BCUT2D eigenvalue weighted by Crippen LogP contribution is -2.30. The van der Waals surface area contributed by atoms with Gasteiger partial charge in [-0.25, -0.2) is 10.2 Å². The Morgan fingerprint density at radius 1 is 1.40 bits per heavy atom. The molecule has 0 saturated heterocycles. The van der Waals surface area contributed by atoms with Gasteiger partial charge < -0.3 is 4.74 Å². The number of halogens is 2. The van der Waals surface area contributed by atoms with E-state index >= 15 is 0 Å². The summed E-state index contributed by atoms with van der Waals surface area (Å²) in [5.74, 6) is 4.60. The maximum atomic E-state index is 13.3. The topological polar surface area (TPSA) is 77.2 Å². The van der Waals surface area contributed by atoms with Crippen LogP contribution < -0.4 is 16.0 Å². The summed E-state index contributed by atoms with van der Waals surface area (Å²) in [4.78, 5) is 15.3. The number of hydrogen-bond donors (Lipinski definition) is 2. The van der Waals surface area contributed by atoms with Gasteiger partial charge in [0.2, 0.25) is 0 Å². The highest BCUT2D eigenvalue weighted by Gasteiger charge is 2.05. The van der Waals surface area contributed by atoms with Crippen LogP contribution in [-0.4, -0.2) is 10.9 Å². The fourth-order valence-electron chi connectivity index (χ4n) is 1.45. The molecule has 5 nitrogen and oxygen atoms in total. The number of nitrogens with one attached hydrogen (secondary N) is 1. The van der Waals surface area contributed by atoms with Gasteiger partial charge in [-0.3, -0.25) is 15.2 Å². The van der Waals surface area contributed by atoms with Crippen LogP contribution in [0.4, 0.5) is 4.39 Å². The standard InChI is InChI=1S/C13H11BrFN3O2/c14-11-4-3-10(5-12(11)15)20-7-9-2-1-8(6-17-9)13(19)18-16/h1-6H,7,16H2,(H,18,19). The van der Waals surface area contributed by atoms with Crippen molar-refractivity contribution >= 4 is 21.8 Å². The van der Waals surface area contributed by atoms with Crippen molar-refractivity contribution in [2.75, 3.05) is 0 Å². The molecule has 2 rings (SSSR count). The number of aromatic nitrogens is 1. The van der Waals surface area contributed by atoms with Crippen molar-refractivity contribution in [3.8, 4) is 5.75 Å². The van der Waals surface area contributed by atoms with Crippen LogP contribution in [0.3, 0.4) is 0 Å². The van der Waals surface area contributed by atoms with Crippen LogP contribution >= 0.6 is 15.9 Å². The van der Waals surface area contributed by atoms with Crippen LogP contribution in [0.1, 0.15) is 16.1 Å². The summed E-state index contributed by atoms with van der Waals surface area (Å²) in [6, 6.07) is 7.70. The van der Waals surface area contributed by atoms with E-state index < -0.39 is 11.7 Å². The Morgan fingerprint density at radius 2 is 2.20 bits per heavy atom. The molecular formula is C13H11BrFN3O2. The minimum atomic E-state index is -0.417. The van der Waals surface area contributed by atoms with Crippen LogP contribution in [-0.2, 0) is 6.61 Å². The van der Waals surface area contributed by atoms with E-state index in [0.29, 0.717) is 21.5 Å². The van der Waals surface area contributed by atoms with Gasteiger partial charge in [-0.2, -0.15) is 0 Å². The SMILES string of the molecule is NNC(=O)c1ccc(COc2ccc(Br)c(F)c2)nc1. The largest absolute Gasteiger partial charge is 0.487 e. The number of nitrogens with two attached hydrogens (primary N) is 1. The van der Waals surface area contributed by atoms with E-state index in [2.05, 4.69) is 20.9 Å². The highest BCUT2D eigenvalue weighted by atomic mass is 79.9. The maximum absolute atomic E-state index is 13.3. The zero-order valence-electron chi connectivity index (χ0n) is 10.3. The number of hydrazine groups is 1. The summed E-state index contributed by atoms with van der Waals surface area (Å²) >= 11 is 3.06. The van der Waals surface area contributed by atoms with Gasteiger partial charge in [0, 0.05) is 12.3 Å². The van der Waals surface area contributed by atoms with Crippen molar-refractivity contribution < 1.29 is 13.9 Å². The number of carbonyl (C=O) groups excluding carboxylic acids is 1. The number of hydrogen-bond acceptors (Lipinski definition) is 4. The third-order valence-electron chi connectivity index (χ3n) is 2.50. The number of pyridine rings is 1. The lowest BCUT2D eigenvalue weighted by atomic mass is 10.2. The summed E-state index contributed by atoms with van der Waals surface area (Å²) in [6.07, 6.45) is 1.39. The zero-order valence-corrected chi connectivity index (χ0v) is 11.9. The van der Waals surface area contributed by atoms with Crippen LogP contribution in [0.2, 0.25) is 0 Å². The van der Waals surface area contributed by atoms with Crippen molar-refractivity contribution in [1.82, 2.24) is 10.4 Å². The molecule has 0 aliphatic carbocycles. The number of rotatable bonds is 4. The molecule has 0 unspecified atom stereocenters. The Morgan fingerprint density at radius 3 is 2.80 bits per heavy atom. The Hall–Kier alpha value is -1.99. The van der Waals surface area contributed by atoms with E-state index in [4.69, 9.17) is 10.6 Å². The molecular weight excluding hydrogens is 329 g/mol. The molecule has 1 aromatic carbocycles. The molecule has 0 bridgehead atoms. The maximum Gasteiger partial charge on any atom is 0.266 e.